The zero-order valence-corrected chi connectivity index (χ0v) is 11.7. The summed E-state index contributed by atoms with van der Waals surface area (Å²) in [6, 6.07) is 1.42. The molecule has 1 aliphatic heterocycles. The van der Waals surface area contributed by atoms with Gasteiger partial charge in [0.15, 0.2) is 0 Å². The number of hydrogen-bond acceptors (Lipinski definition) is 4. The summed E-state index contributed by atoms with van der Waals surface area (Å²) in [4.78, 5) is 25.4. The lowest BCUT2D eigenvalue weighted by Gasteiger charge is -2.22. The van der Waals surface area contributed by atoms with Crippen LogP contribution in [-0.2, 0) is 11.2 Å². The average molecular weight is 282 g/mol. The van der Waals surface area contributed by atoms with Crippen LogP contribution >= 0.6 is 11.3 Å². The van der Waals surface area contributed by atoms with E-state index in [1.54, 1.807) is 4.90 Å². The van der Waals surface area contributed by atoms with Crippen LogP contribution in [0.25, 0.3) is 0 Å². The molecule has 0 unspecified atom stereocenters. The number of esters is 1. The molecule has 1 fully saturated rings. The van der Waals surface area contributed by atoms with Crippen molar-refractivity contribution in [3.8, 4) is 0 Å². The van der Waals surface area contributed by atoms with E-state index in [4.69, 9.17) is 10.5 Å². The first kappa shape index (κ1) is 13.9. The van der Waals surface area contributed by atoms with Gasteiger partial charge in [0.2, 0.25) is 0 Å². The minimum absolute atomic E-state index is 0.0773. The lowest BCUT2D eigenvalue weighted by molar-refractivity contribution is 0.0426. The van der Waals surface area contributed by atoms with E-state index in [1.807, 2.05) is 18.4 Å². The molecule has 5 nitrogen and oxygen atoms in total. The van der Waals surface area contributed by atoms with Crippen LogP contribution in [0.15, 0.2) is 11.4 Å². The van der Waals surface area contributed by atoms with Gasteiger partial charge in [-0.3, -0.25) is 0 Å². The number of aryl methyl sites for hydroxylation is 1. The summed E-state index contributed by atoms with van der Waals surface area (Å²) in [5.41, 5.74) is 6.29. The van der Waals surface area contributed by atoms with Crippen molar-refractivity contribution < 1.29 is 14.3 Å². The fourth-order valence-corrected chi connectivity index (χ4v) is 3.22. The molecule has 104 valence electrons. The van der Waals surface area contributed by atoms with Crippen LogP contribution in [0.2, 0.25) is 0 Å². The summed E-state index contributed by atoms with van der Waals surface area (Å²) >= 11 is 1.39. The van der Waals surface area contributed by atoms with Gasteiger partial charge in [0.1, 0.15) is 11.5 Å². The summed E-state index contributed by atoms with van der Waals surface area (Å²) in [5.74, 6) is -0.303. The first-order valence-electron chi connectivity index (χ1n) is 6.43. The molecule has 0 saturated carbocycles. The van der Waals surface area contributed by atoms with E-state index in [1.165, 1.54) is 11.3 Å². The van der Waals surface area contributed by atoms with Gasteiger partial charge in [0.25, 0.3) is 0 Å². The number of primary amides is 1. The van der Waals surface area contributed by atoms with Gasteiger partial charge in [-0.05, 0) is 36.3 Å². The third-order valence-electron chi connectivity index (χ3n) is 3.38. The third-order valence-corrected chi connectivity index (χ3v) is 4.32. The van der Waals surface area contributed by atoms with Crippen molar-refractivity contribution in [1.82, 2.24) is 4.90 Å². The molecule has 1 atom stereocenters. The van der Waals surface area contributed by atoms with Gasteiger partial charge in [-0.1, -0.05) is 6.92 Å². The van der Waals surface area contributed by atoms with Gasteiger partial charge in [-0.2, -0.15) is 0 Å². The highest BCUT2D eigenvalue weighted by Gasteiger charge is 2.28. The Labute approximate surface area is 116 Å². The Morgan fingerprint density at radius 1 is 1.58 bits per heavy atom. The highest BCUT2D eigenvalue weighted by Crippen LogP contribution is 2.21. The maximum absolute atomic E-state index is 12.0. The number of nitrogens with two attached hydrogens (primary N) is 1. The minimum Gasteiger partial charge on any atom is -0.459 e. The number of amides is 2. The Kier molecular flexibility index (Phi) is 4.42. The van der Waals surface area contributed by atoms with Gasteiger partial charge in [-0.15, -0.1) is 11.3 Å². The van der Waals surface area contributed by atoms with Crippen LogP contribution in [0.5, 0.6) is 0 Å². The number of carbonyl (C=O) groups is 2. The SMILES string of the molecule is CCc1ccsc1C(=O)OC[C@@H]1CCCN1C(N)=O. The quantitative estimate of drug-likeness (QED) is 0.859. The summed E-state index contributed by atoms with van der Waals surface area (Å²) < 4.78 is 5.32. The molecule has 1 aromatic heterocycles. The second-order valence-corrected chi connectivity index (χ2v) is 5.47. The molecule has 0 radical (unpaired) electrons. The molecule has 1 aliphatic rings. The van der Waals surface area contributed by atoms with Gasteiger partial charge in [0.05, 0.1) is 6.04 Å². The van der Waals surface area contributed by atoms with Crippen molar-refractivity contribution in [2.75, 3.05) is 13.2 Å². The maximum Gasteiger partial charge on any atom is 0.348 e. The van der Waals surface area contributed by atoms with Gasteiger partial charge >= 0.3 is 12.0 Å². The number of rotatable bonds is 4. The molecule has 0 bridgehead atoms. The Morgan fingerprint density at radius 2 is 2.37 bits per heavy atom. The molecule has 2 rings (SSSR count). The fraction of sp³-hybridized carbons (Fsp3) is 0.538. The smallest absolute Gasteiger partial charge is 0.348 e. The van der Waals surface area contributed by atoms with E-state index in [9.17, 15) is 9.59 Å². The molecule has 2 N–H and O–H groups in total. The standard InChI is InChI=1S/C13H18N2O3S/c1-2-9-5-7-19-11(9)12(16)18-8-10-4-3-6-15(10)13(14)17/h5,7,10H,2-4,6,8H2,1H3,(H2,14,17)/t10-/m0/s1. The zero-order valence-electron chi connectivity index (χ0n) is 10.9. The summed E-state index contributed by atoms with van der Waals surface area (Å²) in [6.07, 6.45) is 2.55. The van der Waals surface area contributed by atoms with E-state index in [0.717, 1.165) is 24.8 Å². The van der Waals surface area contributed by atoms with E-state index < -0.39 is 6.03 Å². The summed E-state index contributed by atoms with van der Waals surface area (Å²) in [7, 11) is 0. The first-order valence-corrected chi connectivity index (χ1v) is 7.31. The number of hydrogen-bond donors (Lipinski definition) is 1. The van der Waals surface area contributed by atoms with Crippen molar-refractivity contribution in [2.45, 2.75) is 32.2 Å². The van der Waals surface area contributed by atoms with Crippen LogP contribution in [-0.4, -0.2) is 36.1 Å². The monoisotopic (exact) mass is 282 g/mol. The molecular weight excluding hydrogens is 264 g/mol. The highest BCUT2D eigenvalue weighted by atomic mass is 32.1. The Hall–Kier alpha value is -1.56. The van der Waals surface area contributed by atoms with Gasteiger partial charge in [-0.25, -0.2) is 9.59 Å². The Balaban J connectivity index is 1.92. The number of nitrogens with zero attached hydrogens (tertiary/aromatic N) is 1. The molecule has 6 heteroatoms. The molecule has 2 heterocycles. The van der Waals surface area contributed by atoms with Gasteiger partial charge < -0.3 is 15.4 Å². The molecule has 1 saturated heterocycles. The van der Waals surface area contributed by atoms with Crippen molar-refractivity contribution in [3.63, 3.8) is 0 Å². The molecule has 19 heavy (non-hydrogen) atoms. The predicted octanol–water partition coefficient (Wildman–Crippen LogP) is 2.01. The van der Waals surface area contributed by atoms with E-state index in [0.29, 0.717) is 11.4 Å². The predicted molar refractivity (Wildman–Crippen MR) is 73.3 cm³/mol. The maximum atomic E-state index is 12.0. The second-order valence-electron chi connectivity index (χ2n) is 4.55. The van der Waals surface area contributed by atoms with E-state index in [2.05, 4.69) is 0 Å². The average Bonchev–Trinajstić information content (AvgIpc) is 3.04. The Morgan fingerprint density at radius 3 is 3.05 bits per heavy atom. The highest BCUT2D eigenvalue weighted by molar-refractivity contribution is 7.12. The number of carbonyl (C=O) groups excluding carboxylic acids is 2. The van der Waals surface area contributed by atoms with Crippen molar-refractivity contribution in [1.29, 1.82) is 0 Å². The van der Waals surface area contributed by atoms with Crippen LogP contribution < -0.4 is 5.73 Å². The summed E-state index contributed by atoms with van der Waals surface area (Å²) in [6.45, 7) is 2.88. The third kappa shape index (κ3) is 3.07. The van der Waals surface area contributed by atoms with Gasteiger partial charge in [0, 0.05) is 6.54 Å². The van der Waals surface area contributed by atoms with Crippen LogP contribution in [0.4, 0.5) is 4.79 Å². The lowest BCUT2D eigenvalue weighted by atomic mass is 10.2. The van der Waals surface area contributed by atoms with Crippen LogP contribution in [0.3, 0.4) is 0 Å². The lowest BCUT2D eigenvalue weighted by Crippen LogP contribution is -2.41. The molecular formula is C13H18N2O3S. The summed E-state index contributed by atoms with van der Waals surface area (Å²) in [5, 5.41) is 1.89. The van der Waals surface area contributed by atoms with E-state index >= 15 is 0 Å². The molecule has 0 spiro atoms. The number of ether oxygens (including phenoxy) is 1. The largest absolute Gasteiger partial charge is 0.459 e. The van der Waals surface area contributed by atoms with Crippen LogP contribution in [0.1, 0.15) is 35.0 Å². The molecule has 0 aliphatic carbocycles. The van der Waals surface area contributed by atoms with Crippen molar-refractivity contribution >= 4 is 23.3 Å². The zero-order chi connectivity index (χ0) is 13.8. The molecule has 1 aromatic rings. The van der Waals surface area contributed by atoms with Crippen molar-refractivity contribution in [3.05, 3.63) is 21.9 Å². The normalized spacial score (nSPS) is 18.6. The number of likely N-dealkylation sites (tertiary alicyclic amines) is 1. The minimum atomic E-state index is -0.441. The van der Waals surface area contributed by atoms with E-state index in [-0.39, 0.29) is 18.6 Å². The topological polar surface area (TPSA) is 72.6 Å². The molecule has 2 amide bonds. The number of thiophene rings is 1. The molecule has 0 aromatic carbocycles. The second kappa shape index (κ2) is 6.06. The fourth-order valence-electron chi connectivity index (χ4n) is 2.33. The van der Waals surface area contributed by atoms with Crippen molar-refractivity contribution in [2.24, 2.45) is 5.73 Å². The number of urea groups is 1. The Bertz CT molecular complexity index is 472. The van der Waals surface area contributed by atoms with Crippen LogP contribution in [0, 0.1) is 0 Å². The first-order chi connectivity index (χ1) is 9.13.